The summed E-state index contributed by atoms with van der Waals surface area (Å²) < 4.78 is 21.7. The van der Waals surface area contributed by atoms with Crippen molar-refractivity contribution in [3.05, 3.63) is 52.6 Å². The molecule has 0 saturated carbocycles. The van der Waals surface area contributed by atoms with Gasteiger partial charge >= 0.3 is 0 Å². The fourth-order valence-electron chi connectivity index (χ4n) is 2.92. The van der Waals surface area contributed by atoms with Crippen molar-refractivity contribution in [2.75, 3.05) is 27.1 Å². The van der Waals surface area contributed by atoms with Gasteiger partial charge in [0.05, 0.1) is 5.02 Å². The molecule has 7 heteroatoms. The Bertz CT molecular complexity index is 911. The van der Waals surface area contributed by atoms with Crippen LogP contribution in [0, 0.1) is 0 Å². The van der Waals surface area contributed by atoms with Crippen LogP contribution in [0.4, 0.5) is 0 Å². The molecule has 4 rings (SSSR count). The number of ether oxygens (including phenoxy) is 4. The van der Waals surface area contributed by atoms with E-state index in [4.69, 9.17) is 30.5 Å². The maximum absolute atomic E-state index is 12.4. The van der Waals surface area contributed by atoms with Crippen LogP contribution in [0.3, 0.4) is 0 Å². The van der Waals surface area contributed by atoms with E-state index in [1.54, 1.807) is 30.2 Å². The molecule has 6 nitrogen and oxygen atoms in total. The number of nitrogens with zero attached hydrogens (tertiary/aromatic N) is 1. The second kappa shape index (κ2) is 7.40. The molecular formula is C20H18ClNO5. The molecule has 2 aliphatic heterocycles. The van der Waals surface area contributed by atoms with Crippen molar-refractivity contribution >= 4 is 23.6 Å². The van der Waals surface area contributed by atoms with Gasteiger partial charge < -0.3 is 23.8 Å². The first kappa shape index (κ1) is 17.5. The van der Waals surface area contributed by atoms with Crippen molar-refractivity contribution in [3.8, 4) is 23.0 Å². The van der Waals surface area contributed by atoms with E-state index in [0.717, 1.165) is 16.9 Å². The molecule has 0 radical (unpaired) electrons. The first-order valence-electron chi connectivity index (χ1n) is 8.51. The lowest BCUT2D eigenvalue weighted by atomic mass is 10.1. The van der Waals surface area contributed by atoms with Gasteiger partial charge in [-0.15, -0.1) is 0 Å². The Hall–Kier alpha value is -2.86. The summed E-state index contributed by atoms with van der Waals surface area (Å²) in [5.74, 6) is 2.44. The number of carbonyl (C=O) groups excluding carboxylic acids is 1. The molecule has 2 heterocycles. The molecule has 27 heavy (non-hydrogen) atoms. The molecule has 2 aromatic carbocycles. The number of hydrogen-bond donors (Lipinski definition) is 0. The highest BCUT2D eigenvalue weighted by atomic mass is 35.5. The van der Waals surface area contributed by atoms with Gasteiger partial charge in [-0.25, -0.2) is 0 Å². The first-order chi connectivity index (χ1) is 13.1. The van der Waals surface area contributed by atoms with Crippen LogP contribution in [-0.4, -0.2) is 37.9 Å². The predicted octanol–water partition coefficient (Wildman–Crippen LogP) is 3.51. The molecule has 1 amide bonds. The van der Waals surface area contributed by atoms with E-state index < -0.39 is 0 Å². The summed E-state index contributed by atoms with van der Waals surface area (Å²) in [6, 6.07) is 9.23. The van der Waals surface area contributed by atoms with Crippen LogP contribution in [0.25, 0.3) is 6.08 Å². The van der Waals surface area contributed by atoms with Gasteiger partial charge in [0.1, 0.15) is 13.2 Å². The number of amides is 1. The number of halogens is 1. The van der Waals surface area contributed by atoms with E-state index in [1.807, 2.05) is 18.2 Å². The number of likely N-dealkylation sites (N-methyl/N-ethyl adjacent to an activating group) is 1. The normalized spacial score (nSPS) is 14.4. The summed E-state index contributed by atoms with van der Waals surface area (Å²) in [5.41, 5.74) is 1.74. The Labute approximate surface area is 161 Å². The van der Waals surface area contributed by atoms with Crippen molar-refractivity contribution in [2.45, 2.75) is 6.54 Å². The van der Waals surface area contributed by atoms with Gasteiger partial charge in [0, 0.05) is 19.7 Å². The van der Waals surface area contributed by atoms with Gasteiger partial charge in [-0.2, -0.15) is 0 Å². The zero-order chi connectivity index (χ0) is 18.8. The number of carbonyl (C=O) groups is 1. The van der Waals surface area contributed by atoms with Gasteiger partial charge in [0.2, 0.25) is 12.7 Å². The molecule has 0 N–H and O–H groups in total. The molecule has 0 spiro atoms. The fraction of sp³-hybridized carbons (Fsp3) is 0.250. The standard InChI is InChI=1S/C20H18ClNO5/c1-22(11-14-2-4-16-17(10-14)25-7-6-24-16)19(23)5-3-13-8-15(21)20-18(9-13)26-12-27-20/h2-5,8-10H,6-7,11-12H2,1H3/b5-3+. The van der Waals surface area contributed by atoms with Crippen LogP contribution >= 0.6 is 11.6 Å². The van der Waals surface area contributed by atoms with Gasteiger partial charge in [-0.1, -0.05) is 17.7 Å². The lowest BCUT2D eigenvalue weighted by Crippen LogP contribution is -2.24. The van der Waals surface area contributed by atoms with Gasteiger partial charge in [0.25, 0.3) is 0 Å². The smallest absolute Gasteiger partial charge is 0.246 e. The number of fused-ring (bicyclic) bond motifs is 2. The second-order valence-corrected chi connectivity index (χ2v) is 6.65. The van der Waals surface area contributed by atoms with Crippen molar-refractivity contribution in [1.29, 1.82) is 0 Å². The van der Waals surface area contributed by atoms with Crippen LogP contribution in [0.15, 0.2) is 36.4 Å². The minimum atomic E-state index is -0.126. The van der Waals surface area contributed by atoms with Crippen LogP contribution in [-0.2, 0) is 11.3 Å². The molecule has 0 aliphatic carbocycles. The van der Waals surface area contributed by atoms with Crippen LogP contribution in [0.5, 0.6) is 23.0 Å². The van der Waals surface area contributed by atoms with Crippen LogP contribution < -0.4 is 18.9 Å². The quantitative estimate of drug-likeness (QED) is 0.751. The second-order valence-electron chi connectivity index (χ2n) is 6.24. The van der Waals surface area contributed by atoms with Crippen LogP contribution in [0.1, 0.15) is 11.1 Å². The molecule has 0 unspecified atom stereocenters. The zero-order valence-corrected chi connectivity index (χ0v) is 15.5. The summed E-state index contributed by atoms with van der Waals surface area (Å²) in [4.78, 5) is 14.0. The van der Waals surface area contributed by atoms with E-state index in [0.29, 0.717) is 42.0 Å². The Morgan fingerprint density at radius 2 is 1.89 bits per heavy atom. The summed E-state index contributed by atoms with van der Waals surface area (Å²) in [6.45, 7) is 1.70. The Kier molecular flexibility index (Phi) is 4.81. The lowest BCUT2D eigenvalue weighted by molar-refractivity contribution is -0.125. The maximum Gasteiger partial charge on any atom is 0.246 e. The molecule has 2 aliphatic rings. The van der Waals surface area contributed by atoms with Crippen molar-refractivity contribution < 1.29 is 23.7 Å². The monoisotopic (exact) mass is 387 g/mol. The number of hydrogen-bond acceptors (Lipinski definition) is 5. The van der Waals surface area contributed by atoms with E-state index in [-0.39, 0.29) is 12.7 Å². The van der Waals surface area contributed by atoms with Gasteiger partial charge in [-0.05, 0) is 41.5 Å². The van der Waals surface area contributed by atoms with E-state index in [9.17, 15) is 4.79 Å². The largest absolute Gasteiger partial charge is 0.486 e. The fourth-order valence-corrected chi connectivity index (χ4v) is 3.19. The maximum atomic E-state index is 12.4. The average molecular weight is 388 g/mol. The third kappa shape index (κ3) is 3.80. The molecule has 140 valence electrons. The highest BCUT2D eigenvalue weighted by Gasteiger charge is 2.18. The number of benzene rings is 2. The SMILES string of the molecule is CN(Cc1ccc2c(c1)OCCO2)C(=O)/C=C/c1cc(Cl)c2c(c1)OCO2. The number of rotatable bonds is 4. The lowest BCUT2D eigenvalue weighted by Gasteiger charge is -2.20. The highest BCUT2D eigenvalue weighted by Crippen LogP contribution is 2.40. The third-order valence-corrected chi connectivity index (χ3v) is 4.55. The third-order valence-electron chi connectivity index (χ3n) is 4.27. The Morgan fingerprint density at radius 3 is 2.74 bits per heavy atom. The molecule has 0 bridgehead atoms. The first-order valence-corrected chi connectivity index (χ1v) is 8.89. The van der Waals surface area contributed by atoms with Gasteiger partial charge in [0.15, 0.2) is 23.0 Å². The van der Waals surface area contributed by atoms with E-state index in [2.05, 4.69) is 0 Å². The highest BCUT2D eigenvalue weighted by molar-refractivity contribution is 6.32. The zero-order valence-electron chi connectivity index (χ0n) is 14.7. The van der Waals surface area contributed by atoms with Crippen molar-refractivity contribution in [1.82, 2.24) is 4.90 Å². The van der Waals surface area contributed by atoms with E-state index >= 15 is 0 Å². The topological polar surface area (TPSA) is 57.2 Å². The minimum Gasteiger partial charge on any atom is -0.486 e. The minimum absolute atomic E-state index is 0.126. The molecule has 0 fully saturated rings. The summed E-state index contributed by atoms with van der Waals surface area (Å²) in [7, 11) is 1.75. The molecule has 0 saturated heterocycles. The summed E-state index contributed by atoms with van der Waals surface area (Å²) >= 11 is 6.16. The molecule has 0 atom stereocenters. The predicted molar refractivity (Wildman–Crippen MR) is 101 cm³/mol. The Balaban J connectivity index is 1.42. The summed E-state index contributed by atoms with van der Waals surface area (Å²) in [5, 5.41) is 0.460. The average Bonchev–Trinajstić information content (AvgIpc) is 3.15. The van der Waals surface area contributed by atoms with Crippen molar-refractivity contribution in [3.63, 3.8) is 0 Å². The molecule has 0 aromatic heterocycles. The molecule has 2 aromatic rings. The summed E-state index contributed by atoms with van der Waals surface area (Å²) in [6.07, 6.45) is 3.21. The van der Waals surface area contributed by atoms with Gasteiger partial charge in [-0.3, -0.25) is 4.79 Å². The Morgan fingerprint density at radius 1 is 1.07 bits per heavy atom. The van der Waals surface area contributed by atoms with Crippen LogP contribution in [0.2, 0.25) is 5.02 Å². The van der Waals surface area contributed by atoms with Crippen molar-refractivity contribution in [2.24, 2.45) is 0 Å². The van der Waals surface area contributed by atoms with E-state index in [1.165, 1.54) is 6.08 Å². The molecular weight excluding hydrogens is 370 g/mol.